The fourth-order valence-corrected chi connectivity index (χ4v) is 3.01. The number of carboxylic acids is 1. The molecule has 0 fully saturated rings. The zero-order valence-electron chi connectivity index (χ0n) is 20.8. The van der Waals surface area contributed by atoms with Gasteiger partial charge in [-0.2, -0.15) is 0 Å². The van der Waals surface area contributed by atoms with Gasteiger partial charge in [0.2, 0.25) is 5.54 Å². The number of nitrogens with two attached hydrogens (primary N) is 1. The molecule has 2 amide bonds. The molecular weight excluding hydrogens is 442 g/mol. The van der Waals surface area contributed by atoms with Crippen LogP contribution in [0, 0.1) is 0 Å². The molecule has 0 aromatic heterocycles. The molecule has 0 aliphatic rings. The number of aliphatic carboxylic acids is 1. The highest BCUT2D eigenvalue weighted by molar-refractivity contribution is 6.17. The summed E-state index contributed by atoms with van der Waals surface area (Å²) in [6.07, 6.45) is -0.955. The number of Topliss-reactive ketones (excluding diaryl/α,β-unsaturated/α-hetero) is 1. The smallest absolute Gasteiger partial charge is 0.408 e. The lowest BCUT2D eigenvalue weighted by molar-refractivity contribution is -0.143. The van der Waals surface area contributed by atoms with E-state index in [2.05, 4.69) is 10.6 Å². The Morgan fingerprint density at radius 1 is 0.882 bits per heavy atom. The molecule has 5 N–H and O–H groups in total. The van der Waals surface area contributed by atoms with E-state index in [1.54, 1.807) is 53.7 Å². The first-order valence-corrected chi connectivity index (χ1v) is 11.1. The molecule has 0 saturated carbocycles. The van der Waals surface area contributed by atoms with E-state index in [-0.39, 0.29) is 18.5 Å². The molecule has 34 heavy (non-hydrogen) atoms. The lowest BCUT2D eigenvalue weighted by Gasteiger charge is -2.30. The van der Waals surface area contributed by atoms with E-state index in [0.717, 1.165) is 0 Å². The van der Waals surface area contributed by atoms with Crippen molar-refractivity contribution in [3.8, 4) is 0 Å². The Balaban J connectivity index is 3.10. The molecule has 0 unspecified atom stereocenters. The molecule has 1 rings (SSSR count). The van der Waals surface area contributed by atoms with Crippen LogP contribution < -0.4 is 16.4 Å². The molecule has 10 nitrogen and oxygen atoms in total. The number of ether oxygens (including phenoxy) is 2. The molecular formula is C24H37N3O7. The zero-order chi connectivity index (χ0) is 26.2. The number of unbranched alkanes of at least 4 members (excludes halogenated alkanes) is 1. The van der Waals surface area contributed by atoms with E-state index in [0.29, 0.717) is 24.9 Å². The van der Waals surface area contributed by atoms with Gasteiger partial charge in [0, 0.05) is 12.1 Å². The number of amides is 2. The summed E-state index contributed by atoms with van der Waals surface area (Å²) >= 11 is 0. The van der Waals surface area contributed by atoms with E-state index < -0.39 is 40.7 Å². The molecule has 0 bridgehead atoms. The predicted octanol–water partition coefficient (Wildman–Crippen LogP) is 3.37. The normalized spacial score (nSPS) is 13.4. The average molecular weight is 480 g/mol. The Labute approximate surface area is 200 Å². The topological polar surface area (TPSA) is 157 Å². The van der Waals surface area contributed by atoms with Crippen molar-refractivity contribution >= 4 is 23.9 Å². The third-order valence-corrected chi connectivity index (χ3v) is 4.52. The zero-order valence-corrected chi connectivity index (χ0v) is 20.8. The summed E-state index contributed by atoms with van der Waals surface area (Å²) in [5, 5.41) is 14.9. The van der Waals surface area contributed by atoms with Gasteiger partial charge in [-0.3, -0.25) is 10.1 Å². The van der Waals surface area contributed by atoms with Crippen molar-refractivity contribution in [2.24, 2.45) is 5.73 Å². The molecule has 0 aliphatic heterocycles. The molecule has 0 heterocycles. The maximum Gasteiger partial charge on any atom is 0.408 e. The van der Waals surface area contributed by atoms with Crippen molar-refractivity contribution in [3.63, 3.8) is 0 Å². The Hall–Kier alpha value is -3.14. The number of carbonyl (C=O) groups is 4. The van der Waals surface area contributed by atoms with Gasteiger partial charge in [0.25, 0.3) is 0 Å². The lowest BCUT2D eigenvalue weighted by atomic mass is 9.84. The first kappa shape index (κ1) is 28.9. The highest BCUT2D eigenvalue weighted by Crippen LogP contribution is 2.23. The van der Waals surface area contributed by atoms with Crippen molar-refractivity contribution < 1.29 is 33.8 Å². The maximum absolute atomic E-state index is 13.4. The second kappa shape index (κ2) is 11.8. The number of hydrogen-bond donors (Lipinski definition) is 4. The van der Waals surface area contributed by atoms with Crippen LogP contribution in [-0.4, -0.2) is 52.3 Å². The van der Waals surface area contributed by atoms with E-state index in [1.165, 1.54) is 12.1 Å². The largest absolute Gasteiger partial charge is 0.479 e. The summed E-state index contributed by atoms with van der Waals surface area (Å²) < 4.78 is 10.4. The second-order valence-corrected chi connectivity index (χ2v) is 9.96. The van der Waals surface area contributed by atoms with E-state index in [9.17, 15) is 24.3 Å². The highest BCUT2D eigenvalue weighted by Gasteiger charge is 2.48. The SMILES string of the molecule is CC(C)(C)OC(=O)NCc1ccc(C(=O)[C@@](CCCCN)(NC(=O)OC(C)(C)C)C(=O)O)cc1. The predicted molar refractivity (Wildman–Crippen MR) is 126 cm³/mol. The molecule has 1 aromatic rings. The first-order valence-electron chi connectivity index (χ1n) is 11.1. The number of ketones is 1. The molecule has 0 spiro atoms. The first-order chi connectivity index (χ1) is 15.6. The minimum absolute atomic E-state index is 0.0900. The van der Waals surface area contributed by atoms with Gasteiger partial charge < -0.3 is 25.6 Å². The van der Waals surface area contributed by atoms with E-state index in [1.807, 2.05) is 0 Å². The standard InChI is InChI=1S/C24H37N3O7/c1-22(2,3)33-20(31)26-15-16-9-11-17(12-10-16)18(28)24(19(29)30,13-7-8-14-25)27-21(32)34-23(4,5)6/h9-12H,7-8,13-15,25H2,1-6H3,(H,26,31)(H,27,32)(H,29,30)/t24-/m1/s1. The summed E-state index contributed by atoms with van der Waals surface area (Å²) in [5.41, 5.74) is 2.56. The minimum Gasteiger partial charge on any atom is -0.479 e. The Morgan fingerprint density at radius 3 is 1.88 bits per heavy atom. The monoisotopic (exact) mass is 479 g/mol. The molecule has 10 heteroatoms. The second-order valence-electron chi connectivity index (χ2n) is 9.96. The van der Waals surface area contributed by atoms with Crippen molar-refractivity contribution in [1.29, 1.82) is 0 Å². The van der Waals surface area contributed by atoms with Gasteiger partial charge in [-0.25, -0.2) is 14.4 Å². The number of rotatable bonds is 10. The van der Waals surface area contributed by atoms with Gasteiger partial charge in [-0.1, -0.05) is 24.3 Å². The fourth-order valence-electron chi connectivity index (χ4n) is 3.01. The number of alkyl carbamates (subject to hydrolysis) is 2. The van der Waals surface area contributed by atoms with Crippen molar-refractivity contribution in [3.05, 3.63) is 35.4 Å². The third kappa shape index (κ3) is 9.38. The molecule has 0 radical (unpaired) electrons. The van der Waals surface area contributed by atoms with Gasteiger partial charge >= 0.3 is 18.2 Å². The summed E-state index contributed by atoms with van der Waals surface area (Å²) in [6.45, 7) is 10.6. The van der Waals surface area contributed by atoms with Gasteiger partial charge in [-0.15, -0.1) is 0 Å². The van der Waals surface area contributed by atoms with Gasteiger partial charge in [0.1, 0.15) is 11.2 Å². The summed E-state index contributed by atoms with van der Waals surface area (Å²) in [5.74, 6) is -2.27. The summed E-state index contributed by atoms with van der Waals surface area (Å²) in [4.78, 5) is 49.9. The van der Waals surface area contributed by atoms with Gasteiger partial charge in [0.05, 0.1) is 0 Å². The van der Waals surface area contributed by atoms with Crippen LogP contribution in [0.15, 0.2) is 24.3 Å². The number of nitrogens with one attached hydrogen (secondary N) is 2. The molecule has 190 valence electrons. The van der Waals surface area contributed by atoms with Crippen LogP contribution in [0.5, 0.6) is 0 Å². The molecule has 1 atom stereocenters. The van der Waals surface area contributed by atoms with Crippen molar-refractivity contribution in [2.75, 3.05) is 6.54 Å². The van der Waals surface area contributed by atoms with Crippen molar-refractivity contribution in [2.45, 2.75) is 84.1 Å². The number of hydrogen-bond acceptors (Lipinski definition) is 7. The quantitative estimate of drug-likeness (QED) is 0.226. The van der Waals surface area contributed by atoms with E-state index >= 15 is 0 Å². The highest BCUT2D eigenvalue weighted by atomic mass is 16.6. The number of benzene rings is 1. The average Bonchev–Trinajstić information content (AvgIpc) is 2.68. The van der Waals surface area contributed by atoms with Crippen LogP contribution in [0.25, 0.3) is 0 Å². The van der Waals surface area contributed by atoms with Crippen LogP contribution in [0.2, 0.25) is 0 Å². The van der Waals surface area contributed by atoms with Gasteiger partial charge in [-0.05, 0) is 72.9 Å². The van der Waals surface area contributed by atoms with Crippen LogP contribution >= 0.6 is 0 Å². The summed E-state index contributed by atoms with van der Waals surface area (Å²) in [6, 6.07) is 6.08. The van der Waals surface area contributed by atoms with Crippen LogP contribution in [0.3, 0.4) is 0 Å². The number of carboxylic acid groups (broad SMARTS) is 1. The Bertz CT molecular complexity index is 870. The lowest BCUT2D eigenvalue weighted by Crippen LogP contribution is -2.60. The maximum atomic E-state index is 13.4. The summed E-state index contributed by atoms with van der Waals surface area (Å²) in [7, 11) is 0. The fraction of sp³-hybridized carbons (Fsp3) is 0.583. The van der Waals surface area contributed by atoms with Gasteiger partial charge in [0.15, 0.2) is 5.78 Å². The Morgan fingerprint density at radius 2 is 1.41 bits per heavy atom. The van der Waals surface area contributed by atoms with Crippen LogP contribution in [0.1, 0.15) is 76.7 Å². The van der Waals surface area contributed by atoms with Crippen molar-refractivity contribution in [1.82, 2.24) is 10.6 Å². The number of carbonyl (C=O) groups excluding carboxylic acids is 3. The third-order valence-electron chi connectivity index (χ3n) is 4.52. The minimum atomic E-state index is -2.21. The van der Waals surface area contributed by atoms with Crippen LogP contribution in [0.4, 0.5) is 9.59 Å². The molecule has 0 saturated heterocycles. The Kier molecular flexibility index (Phi) is 10.0. The molecule has 1 aromatic carbocycles. The van der Waals surface area contributed by atoms with E-state index in [4.69, 9.17) is 15.2 Å². The van der Waals surface area contributed by atoms with Crippen LogP contribution in [-0.2, 0) is 20.8 Å². The molecule has 0 aliphatic carbocycles.